The van der Waals surface area contributed by atoms with Crippen LogP contribution in [-0.2, 0) is 28.9 Å². The number of esters is 1. The van der Waals surface area contributed by atoms with Crippen molar-refractivity contribution in [1.29, 1.82) is 0 Å². The van der Waals surface area contributed by atoms with E-state index in [0.717, 1.165) is 62.6 Å². The van der Waals surface area contributed by atoms with E-state index in [1.54, 1.807) is 11.3 Å². The van der Waals surface area contributed by atoms with Crippen LogP contribution in [-0.4, -0.2) is 61.0 Å². The number of hydrogen-bond acceptors (Lipinski definition) is 6. The van der Waals surface area contributed by atoms with Crippen LogP contribution in [0.15, 0.2) is 24.3 Å². The van der Waals surface area contributed by atoms with E-state index in [-0.39, 0.29) is 11.9 Å². The van der Waals surface area contributed by atoms with Crippen LogP contribution in [0, 0.1) is 5.92 Å². The van der Waals surface area contributed by atoms with Crippen molar-refractivity contribution >= 4 is 39.8 Å². The van der Waals surface area contributed by atoms with Gasteiger partial charge in [-0.25, -0.2) is 4.79 Å². The highest BCUT2D eigenvalue weighted by molar-refractivity contribution is 7.17. The van der Waals surface area contributed by atoms with Crippen molar-refractivity contribution in [3.8, 4) is 0 Å². The summed E-state index contributed by atoms with van der Waals surface area (Å²) in [7, 11) is 0. The highest BCUT2D eigenvalue weighted by Gasteiger charge is 2.29. The Kier molecular flexibility index (Phi) is 8.07. The molecule has 1 saturated heterocycles. The molecule has 2 aliphatic rings. The van der Waals surface area contributed by atoms with E-state index in [0.29, 0.717) is 29.6 Å². The molecular formula is C25H32ClN3O3S. The van der Waals surface area contributed by atoms with Crippen molar-refractivity contribution in [2.24, 2.45) is 5.92 Å². The summed E-state index contributed by atoms with van der Waals surface area (Å²) in [5.74, 6) is 0.202. The molecule has 8 heteroatoms. The summed E-state index contributed by atoms with van der Waals surface area (Å²) in [5, 5.41) is 4.44. The van der Waals surface area contributed by atoms with Gasteiger partial charge in [0.05, 0.1) is 18.7 Å². The molecule has 0 saturated carbocycles. The zero-order valence-corrected chi connectivity index (χ0v) is 20.9. The van der Waals surface area contributed by atoms with Crippen LogP contribution >= 0.6 is 22.9 Å². The van der Waals surface area contributed by atoms with Crippen molar-refractivity contribution in [3.63, 3.8) is 0 Å². The number of rotatable bonds is 7. The maximum atomic E-state index is 12.9. The topological polar surface area (TPSA) is 61.9 Å². The number of ether oxygens (including phenoxy) is 1. The summed E-state index contributed by atoms with van der Waals surface area (Å²) >= 11 is 7.52. The number of carbonyl (C=O) groups is 2. The first-order valence-electron chi connectivity index (χ1n) is 11.7. The van der Waals surface area contributed by atoms with Crippen LogP contribution in [0.25, 0.3) is 0 Å². The third kappa shape index (κ3) is 6.15. The average molecular weight is 490 g/mol. The van der Waals surface area contributed by atoms with Gasteiger partial charge in [-0.2, -0.15) is 0 Å². The molecule has 1 unspecified atom stereocenters. The number of carbonyl (C=O) groups excluding carboxylic acids is 2. The van der Waals surface area contributed by atoms with Crippen LogP contribution in [0.5, 0.6) is 0 Å². The van der Waals surface area contributed by atoms with Gasteiger partial charge in [0.2, 0.25) is 5.91 Å². The van der Waals surface area contributed by atoms with Crippen LogP contribution < -0.4 is 5.32 Å². The van der Waals surface area contributed by atoms with Gasteiger partial charge < -0.3 is 10.1 Å². The first-order valence-corrected chi connectivity index (χ1v) is 12.9. The molecule has 178 valence electrons. The second-order valence-corrected chi connectivity index (χ2v) is 10.5. The summed E-state index contributed by atoms with van der Waals surface area (Å²) in [6, 6.07) is 7.96. The van der Waals surface area contributed by atoms with E-state index in [1.807, 2.05) is 19.1 Å². The Morgan fingerprint density at radius 2 is 1.85 bits per heavy atom. The quantitative estimate of drug-likeness (QED) is 0.582. The van der Waals surface area contributed by atoms with Gasteiger partial charge in [0.15, 0.2) is 0 Å². The lowest BCUT2D eigenvalue weighted by molar-refractivity contribution is -0.117. The lowest BCUT2D eigenvalue weighted by atomic mass is 9.88. The molecule has 0 bridgehead atoms. The molecule has 0 radical (unpaired) electrons. The molecule has 1 aromatic carbocycles. The number of nitrogens with one attached hydrogen (secondary N) is 1. The lowest BCUT2D eigenvalue weighted by Gasteiger charge is -2.34. The fraction of sp³-hybridized carbons (Fsp3) is 0.520. The van der Waals surface area contributed by atoms with Gasteiger partial charge in [-0.05, 0) is 55.4 Å². The molecule has 2 heterocycles. The molecule has 1 N–H and O–H groups in total. The molecule has 1 aromatic heterocycles. The third-order valence-corrected chi connectivity index (χ3v) is 7.82. The minimum absolute atomic E-state index is 0.0710. The molecule has 4 rings (SSSR count). The normalized spacial score (nSPS) is 19.2. The van der Waals surface area contributed by atoms with Crippen LogP contribution in [0.1, 0.15) is 46.6 Å². The standard InChI is InChI=1S/C25H32ClN3O3S/c1-3-32-25(31)23-20-9-4-17(2)14-21(20)33-24(23)27-22(30)16-29-12-10-28(11-13-29)15-18-5-7-19(26)8-6-18/h5-8,17H,3-4,9-16H2,1-2H3,(H,27,30). The van der Waals surface area contributed by atoms with E-state index in [1.165, 1.54) is 10.4 Å². The molecular weight excluding hydrogens is 458 g/mol. The van der Waals surface area contributed by atoms with Gasteiger partial charge in [0.1, 0.15) is 5.00 Å². The minimum atomic E-state index is -0.323. The van der Waals surface area contributed by atoms with Gasteiger partial charge >= 0.3 is 5.97 Å². The fourth-order valence-electron chi connectivity index (χ4n) is 4.58. The number of piperazine rings is 1. The van der Waals surface area contributed by atoms with Gasteiger partial charge in [-0.3, -0.25) is 14.6 Å². The molecule has 1 atom stereocenters. The molecule has 2 aromatic rings. The van der Waals surface area contributed by atoms with Crippen molar-refractivity contribution in [2.75, 3.05) is 44.6 Å². The van der Waals surface area contributed by atoms with E-state index >= 15 is 0 Å². The number of amides is 1. The van der Waals surface area contributed by atoms with Crippen molar-refractivity contribution in [1.82, 2.24) is 9.80 Å². The molecule has 1 aliphatic carbocycles. The lowest BCUT2D eigenvalue weighted by Crippen LogP contribution is -2.48. The minimum Gasteiger partial charge on any atom is -0.462 e. The third-order valence-electron chi connectivity index (χ3n) is 6.40. The summed E-state index contributed by atoms with van der Waals surface area (Å²) in [6.45, 7) is 9.09. The summed E-state index contributed by atoms with van der Waals surface area (Å²) < 4.78 is 5.31. The summed E-state index contributed by atoms with van der Waals surface area (Å²) in [5.41, 5.74) is 2.89. The molecule has 0 spiro atoms. The number of benzene rings is 1. The number of hydrogen-bond donors (Lipinski definition) is 1. The largest absolute Gasteiger partial charge is 0.462 e. The molecule has 1 fully saturated rings. The van der Waals surface area contributed by atoms with E-state index in [2.05, 4.69) is 34.2 Å². The van der Waals surface area contributed by atoms with Crippen molar-refractivity contribution in [2.45, 2.75) is 39.7 Å². The van der Waals surface area contributed by atoms with Gasteiger partial charge in [-0.15, -0.1) is 11.3 Å². The number of nitrogens with zero attached hydrogens (tertiary/aromatic N) is 2. The van der Waals surface area contributed by atoms with E-state index < -0.39 is 0 Å². The summed E-state index contributed by atoms with van der Waals surface area (Å²) in [4.78, 5) is 31.3. The SMILES string of the molecule is CCOC(=O)c1c(NC(=O)CN2CCN(Cc3ccc(Cl)cc3)CC2)sc2c1CCC(C)C2. The number of halogens is 1. The second-order valence-electron chi connectivity index (χ2n) is 9.00. The number of anilines is 1. The molecule has 33 heavy (non-hydrogen) atoms. The Bertz CT molecular complexity index is 984. The highest BCUT2D eigenvalue weighted by Crippen LogP contribution is 2.40. The second kappa shape index (κ2) is 11.0. The van der Waals surface area contributed by atoms with E-state index in [4.69, 9.17) is 16.3 Å². The van der Waals surface area contributed by atoms with Gasteiger partial charge in [0, 0.05) is 42.6 Å². The van der Waals surface area contributed by atoms with Gasteiger partial charge in [-0.1, -0.05) is 30.7 Å². The average Bonchev–Trinajstić information content (AvgIpc) is 3.13. The zero-order chi connectivity index (χ0) is 23.4. The van der Waals surface area contributed by atoms with E-state index in [9.17, 15) is 9.59 Å². The van der Waals surface area contributed by atoms with Crippen molar-refractivity contribution in [3.05, 3.63) is 50.9 Å². The molecule has 6 nitrogen and oxygen atoms in total. The molecule has 1 amide bonds. The maximum absolute atomic E-state index is 12.9. The monoisotopic (exact) mass is 489 g/mol. The number of thiophene rings is 1. The Morgan fingerprint density at radius 3 is 2.55 bits per heavy atom. The Labute approximate surface area is 204 Å². The first-order chi connectivity index (χ1) is 15.9. The summed E-state index contributed by atoms with van der Waals surface area (Å²) in [6.07, 6.45) is 2.88. The Morgan fingerprint density at radius 1 is 1.15 bits per heavy atom. The van der Waals surface area contributed by atoms with Crippen molar-refractivity contribution < 1.29 is 14.3 Å². The Balaban J connectivity index is 1.33. The predicted molar refractivity (Wildman–Crippen MR) is 133 cm³/mol. The van der Waals surface area contributed by atoms with Crippen LogP contribution in [0.4, 0.5) is 5.00 Å². The number of fused-ring (bicyclic) bond motifs is 1. The predicted octanol–water partition coefficient (Wildman–Crippen LogP) is 4.46. The Hall–Kier alpha value is -1.93. The maximum Gasteiger partial charge on any atom is 0.341 e. The fourth-order valence-corrected chi connectivity index (χ4v) is 6.12. The smallest absolute Gasteiger partial charge is 0.341 e. The highest BCUT2D eigenvalue weighted by atomic mass is 35.5. The zero-order valence-electron chi connectivity index (χ0n) is 19.4. The van der Waals surface area contributed by atoms with Crippen LogP contribution in [0.3, 0.4) is 0 Å². The van der Waals surface area contributed by atoms with Crippen LogP contribution in [0.2, 0.25) is 5.02 Å². The molecule has 1 aliphatic heterocycles. The van der Waals surface area contributed by atoms with Gasteiger partial charge in [0.25, 0.3) is 0 Å². The first kappa shape index (κ1) is 24.2.